The molecule has 0 aromatic heterocycles. The van der Waals surface area contributed by atoms with Gasteiger partial charge in [-0.3, -0.25) is 0 Å². The largest absolute Gasteiger partial charge is 0.363 e. The van der Waals surface area contributed by atoms with E-state index in [0.717, 1.165) is 18.0 Å². The molecule has 1 fully saturated rings. The SMILES string of the molecule is CNC1CCN(c2c(C)cc(C)cc2Cl)C1(C)C. The molecule has 0 radical (unpaired) electrons. The zero-order valence-corrected chi connectivity index (χ0v) is 12.7. The molecule has 1 atom stereocenters. The van der Waals surface area contributed by atoms with Crippen molar-refractivity contribution in [2.45, 2.75) is 45.7 Å². The molecule has 100 valence electrons. The maximum atomic E-state index is 6.47. The van der Waals surface area contributed by atoms with Gasteiger partial charge in [-0.15, -0.1) is 0 Å². The first-order valence-electron chi connectivity index (χ1n) is 6.59. The lowest BCUT2D eigenvalue weighted by Gasteiger charge is -2.39. The molecule has 1 aromatic rings. The van der Waals surface area contributed by atoms with Crippen LogP contribution >= 0.6 is 11.6 Å². The maximum Gasteiger partial charge on any atom is 0.0645 e. The van der Waals surface area contributed by atoms with Crippen LogP contribution in [-0.2, 0) is 0 Å². The molecule has 1 heterocycles. The van der Waals surface area contributed by atoms with Crippen molar-refractivity contribution in [2.24, 2.45) is 0 Å². The molecule has 1 aliphatic heterocycles. The molecule has 0 aliphatic carbocycles. The van der Waals surface area contributed by atoms with E-state index in [-0.39, 0.29) is 5.54 Å². The summed E-state index contributed by atoms with van der Waals surface area (Å²) in [6.07, 6.45) is 1.16. The molecule has 1 saturated heterocycles. The Kier molecular flexibility index (Phi) is 3.61. The van der Waals surface area contributed by atoms with Gasteiger partial charge in [-0.05, 0) is 58.4 Å². The molecule has 0 saturated carbocycles. The van der Waals surface area contributed by atoms with E-state index in [2.05, 4.69) is 50.0 Å². The fourth-order valence-electron chi connectivity index (χ4n) is 3.24. The highest BCUT2D eigenvalue weighted by Crippen LogP contribution is 2.40. The van der Waals surface area contributed by atoms with Crippen LogP contribution in [0.15, 0.2) is 12.1 Å². The number of aryl methyl sites for hydroxylation is 2. The van der Waals surface area contributed by atoms with E-state index in [1.807, 2.05) is 7.05 Å². The molecule has 2 nitrogen and oxygen atoms in total. The smallest absolute Gasteiger partial charge is 0.0645 e. The minimum atomic E-state index is 0.0956. The Bertz CT molecular complexity index is 431. The van der Waals surface area contributed by atoms with E-state index in [0.29, 0.717) is 6.04 Å². The minimum Gasteiger partial charge on any atom is -0.363 e. The number of nitrogens with one attached hydrogen (secondary N) is 1. The molecular weight excluding hydrogens is 244 g/mol. The first kappa shape index (κ1) is 13.7. The van der Waals surface area contributed by atoms with Gasteiger partial charge in [0, 0.05) is 18.1 Å². The maximum absolute atomic E-state index is 6.47. The van der Waals surface area contributed by atoms with Crippen LogP contribution < -0.4 is 10.2 Å². The zero-order valence-electron chi connectivity index (χ0n) is 12.0. The molecule has 0 spiro atoms. The molecule has 0 amide bonds. The molecule has 1 N–H and O–H groups in total. The van der Waals surface area contributed by atoms with Gasteiger partial charge in [-0.25, -0.2) is 0 Å². The molecule has 18 heavy (non-hydrogen) atoms. The summed E-state index contributed by atoms with van der Waals surface area (Å²) in [5.74, 6) is 0. The molecule has 0 bridgehead atoms. The van der Waals surface area contributed by atoms with Gasteiger partial charge in [0.15, 0.2) is 0 Å². The van der Waals surface area contributed by atoms with E-state index in [1.54, 1.807) is 0 Å². The third-order valence-corrected chi connectivity index (χ3v) is 4.49. The van der Waals surface area contributed by atoms with Crippen LogP contribution in [-0.4, -0.2) is 25.2 Å². The number of halogens is 1. The predicted molar refractivity (Wildman–Crippen MR) is 79.8 cm³/mol. The lowest BCUT2D eigenvalue weighted by atomic mass is 9.95. The molecule has 1 unspecified atom stereocenters. The normalized spacial score (nSPS) is 22.6. The average molecular weight is 267 g/mol. The summed E-state index contributed by atoms with van der Waals surface area (Å²) in [5, 5.41) is 4.29. The number of likely N-dealkylation sites (N-methyl/N-ethyl adjacent to an activating group) is 1. The zero-order chi connectivity index (χ0) is 13.5. The topological polar surface area (TPSA) is 15.3 Å². The second-order valence-corrected chi connectivity index (χ2v) is 6.25. The molecule has 3 heteroatoms. The van der Waals surface area contributed by atoms with Gasteiger partial charge in [0.2, 0.25) is 0 Å². The summed E-state index contributed by atoms with van der Waals surface area (Å²) < 4.78 is 0. The number of rotatable bonds is 2. The Balaban J connectivity index is 2.45. The van der Waals surface area contributed by atoms with Crippen molar-refractivity contribution in [2.75, 3.05) is 18.5 Å². The first-order chi connectivity index (χ1) is 8.37. The number of nitrogens with zero attached hydrogens (tertiary/aromatic N) is 1. The molecular formula is C15H23ClN2. The fraction of sp³-hybridized carbons (Fsp3) is 0.600. The fourth-order valence-corrected chi connectivity index (χ4v) is 3.66. The number of hydrogen-bond donors (Lipinski definition) is 1. The van der Waals surface area contributed by atoms with Gasteiger partial charge in [0.25, 0.3) is 0 Å². The molecule has 1 aromatic carbocycles. The third kappa shape index (κ3) is 2.12. The summed E-state index contributed by atoms with van der Waals surface area (Å²) in [7, 11) is 2.04. The van der Waals surface area contributed by atoms with Gasteiger partial charge in [-0.2, -0.15) is 0 Å². The number of anilines is 1. The molecule has 1 aliphatic rings. The third-order valence-electron chi connectivity index (χ3n) is 4.21. The van der Waals surface area contributed by atoms with Crippen LogP contribution in [0.1, 0.15) is 31.4 Å². The summed E-state index contributed by atoms with van der Waals surface area (Å²) in [6.45, 7) is 9.88. The van der Waals surface area contributed by atoms with Gasteiger partial charge in [0.1, 0.15) is 0 Å². The Morgan fingerprint density at radius 1 is 1.33 bits per heavy atom. The van der Waals surface area contributed by atoms with Crippen LogP contribution in [0, 0.1) is 13.8 Å². The van der Waals surface area contributed by atoms with Gasteiger partial charge < -0.3 is 10.2 Å². The second-order valence-electron chi connectivity index (χ2n) is 5.85. The highest BCUT2D eigenvalue weighted by molar-refractivity contribution is 6.33. The van der Waals surface area contributed by atoms with Crippen LogP contribution in [0.3, 0.4) is 0 Å². The van der Waals surface area contributed by atoms with Crippen LogP contribution in [0.25, 0.3) is 0 Å². The van der Waals surface area contributed by atoms with Gasteiger partial charge >= 0.3 is 0 Å². The summed E-state index contributed by atoms with van der Waals surface area (Å²) in [6, 6.07) is 4.78. The minimum absolute atomic E-state index is 0.0956. The Morgan fingerprint density at radius 3 is 2.50 bits per heavy atom. The molecule has 2 rings (SSSR count). The lowest BCUT2D eigenvalue weighted by Crippen LogP contribution is -2.50. The van der Waals surface area contributed by atoms with Gasteiger partial charge in [-0.1, -0.05) is 17.7 Å². The lowest BCUT2D eigenvalue weighted by molar-refractivity contribution is 0.403. The second kappa shape index (κ2) is 4.75. The van der Waals surface area contributed by atoms with E-state index in [1.165, 1.54) is 16.8 Å². The average Bonchev–Trinajstić information content (AvgIpc) is 2.53. The van der Waals surface area contributed by atoms with Gasteiger partial charge in [0.05, 0.1) is 10.7 Å². The standard InChI is InChI=1S/C15H23ClN2/c1-10-8-11(2)14(12(16)9-10)18-7-6-13(17-5)15(18,3)4/h8-9,13,17H,6-7H2,1-5H3. The Hall–Kier alpha value is -0.730. The van der Waals surface area contributed by atoms with E-state index in [4.69, 9.17) is 11.6 Å². The Morgan fingerprint density at radius 2 is 2.00 bits per heavy atom. The predicted octanol–water partition coefficient (Wildman–Crippen LogP) is 3.53. The van der Waals surface area contributed by atoms with Crippen molar-refractivity contribution in [3.8, 4) is 0 Å². The van der Waals surface area contributed by atoms with E-state index in [9.17, 15) is 0 Å². The highest BCUT2D eigenvalue weighted by atomic mass is 35.5. The van der Waals surface area contributed by atoms with Crippen molar-refractivity contribution in [3.05, 3.63) is 28.3 Å². The summed E-state index contributed by atoms with van der Waals surface area (Å²) >= 11 is 6.47. The first-order valence-corrected chi connectivity index (χ1v) is 6.97. The van der Waals surface area contributed by atoms with Crippen LogP contribution in [0.2, 0.25) is 5.02 Å². The van der Waals surface area contributed by atoms with Crippen molar-refractivity contribution in [3.63, 3.8) is 0 Å². The quantitative estimate of drug-likeness (QED) is 0.881. The summed E-state index contributed by atoms with van der Waals surface area (Å²) in [5.41, 5.74) is 3.79. The van der Waals surface area contributed by atoms with E-state index >= 15 is 0 Å². The monoisotopic (exact) mass is 266 g/mol. The highest BCUT2D eigenvalue weighted by Gasteiger charge is 2.41. The van der Waals surface area contributed by atoms with Crippen molar-refractivity contribution in [1.29, 1.82) is 0 Å². The van der Waals surface area contributed by atoms with Crippen LogP contribution in [0.4, 0.5) is 5.69 Å². The number of benzene rings is 1. The van der Waals surface area contributed by atoms with Crippen LogP contribution in [0.5, 0.6) is 0 Å². The van der Waals surface area contributed by atoms with Crippen molar-refractivity contribution >= 4 is 17.3 Å². The van der Waals surface area contributed by atoms with Crippen molar-refractivity contribution in [1.82, 2.24) is 5.32 Å². The number of hydrogen-bond acceptors (Lipinski definition) is 2. The Labute approximate surface area is 115 Å². The van der Waals surface area contributed by atoms with E-state index < -0.39 is 0 Å². The van der Waals surface area contributed by atoms with Crippen molar-refractivity contribution < 1.29 is 0 Å². The summed E-state index contributed by atoms with van der Waals surface area (Å²) in [4.78, 5) is 2.45.